The summed E-state index contributed by atoms with van der Waals surface area (Å²) in [6.45, 7) is 2.00. The second-order valence-electron chi connectivity index (χ2n) is 4.73. The van der Waals surface area contributed by atoms with Crippen LogP contribution in [0, 0.1) is 0 Å². The van der Waals surface area contributed by atoms with Crippen LogP contribution in [0.3, 0.4) is 0 Å². The molecule has 108 valence electrons. The molecule has 0 aliphatic carbocycles. The SMILES string of the molecule is CCC(N)Cc1cc(-c2ccc(C(F)(F)F)cc2)n[nH]1. The number of nitrogens with zero attached hydrogens (tertiary/aromatic N) is 1. The average molecular weight is 283 g/mol. The van der Waals surface area contributed by atoms with Crippen molar-refractivity contribution in [2.24, 2.45) is 5.73 Å². The summed E-state index contributed by atoms with van der Waals surface area (Å²) >= 11 is 0. The Balaban J connectivity index is 2.16. The van der Waals surface area contributed by atoms with E-state index in [2.05, 4.69) is 10.2 Å². The first-order valence-corrected chi connectivity index (χ1v) is 6.37. The zero-order valence-corrected chi connectivity index (χ0v) is 11.0. The molecule has 2 rings (SSSR count). The lowest BCUT2D eigenvalue weighted by molar-refractivity contribution is -0.137. The lowest BCUT2D eigenvalue weighted by Gasteiger charge is -2.06. The van der Waals surface area contributed by atoms with E-state index in [1.165, 1.54) is 12.1 Å². The van der Waals surface area contributed by atoms with Crippen molar-refractivity contribution in [2.45, 2.75) is 32.0 Å². The smallest absolute Gasteiger partial charge is 0.327 e. The summed E-state index contributed by atoms with van der Waals surface area (Å²) in [7, 11) is 0. The lowest BCUT2D eigenvalue weighted by atomic mass is 10.1. The lowest BCUT2D eigenvalue weighted by Crippen LogP contribution is -2.21. The van der Waals surface area contributed by atoms with Gasteiger partial charge in [-0.3, -0.25) is 5.10 Å². The number of hydrogen-bond acceptors (Lipinski definition) is 2. The van der Waals surface area contributed by atoms with Crippen LogP contribution in [0.4, 0.5) is 13.2 Å². The van der Waals surface area contributed by atoms with E-state index in [-0.39, 0.29) is 6.04 Å². The van der Waals surface area contributed by atoms with E-state index in [9.17, 15) is 13.2 Å². The minimum absolute atomic E-state index is 0.0518. The predicted octanol–water partition coefficient (Wildman–Crippen LogP) is 3.38. The third-order valence-corrected chi connectivity index (χ3v) is 3.15. The zero-order valence-electron chi connectivity index (χ0n) is 11.0. The van der Waals surface area contributed by atoms with Crippen LogP contribution in [0.15, 0.2) is 30.3 Å². The fourth-order valence-electron chi connectivity index (χ4n) is 1.87. The zero-order chi connectivity index (χ0) is 14.8. The molecule has 0 aliphatic heterocycles. The molecule has 0 aliphatic rings. The Morgan fingerprint density at radius 3 is 2.45 bits per heavy atom. The van der Waals surface area contributed by atoms with Gasteiger partial charge >= 0.3 is 6.18 Å². The number of halogens is 3. The summed E-state index contributed by atoms with van der Waals surface area (Å²) in [5.41, 5.74) is 7.34. The van der Waals surface area contributed by atoms with Crippen LogP contribution in [0.1, 0.15) is 24.6 Å². The van der Waals surface area contributed by atoms with Crippen LogP contribution in [0.2, 0.25) is 0 Å². The summed E-state index contributed by atoms with van der Waals surface area (Å²) < 4.78 is 37.4. The number of rotatable bonds is 4. The largest absolute Gasteiger partial charge is 0.416 e. The van der Waals surface area contributed by atoms with Gasteiger partial charge in [-0.25, -0.2) is 0 Å². The van der Waals surface area contributed by atoms with Gasteiger partial charge in [0.1, 0.15) is 0 Å². The Morgan fingerprint density at radius 1 is 1.25 bits per heavy atom. The van der Waals surface area contributed by atoms with E-state index in [1.54, 1.807) is 0 Å². The first-order valence-electron chi connectivity index (χ1n) is 6.37. The first-order chi connectivity index (χ1) is 9.40. The van der Waals surface area contributed by atoms with Crippen LogP contribution in [-0.4, -0.2) is 16.2 Å². The predicted molar refractivity (Wildman–Crippen MR) is 71.0 cm³/mol. The molecule has 0 fully saturated rings. The molecule has 0 saturated heterocycles. The van der Waals surface area contributed by atoms with Crippen LogP contribution < -0.4 is 5.73 Å². The molecular formula is C14H16F3N3. The highest BCUT2D eigenvalue weighted by atomic mass is 19.4. The number of nitrogens with one attached hydrogen (secondary N) is 1. The molecule has 0 amide bonds. The number of hydrogen-bond donors (Lipinski definition) is 2. The fourth-order valence-corrected chi connectivity index (χ4v) is 1.87. The third kappa shape index (κ3) is 3.39. The highest BCUT2D eigenvalue weighted by molar-refractivity contribution is 5.59. The van der Waals surface area contributed by atoms with Gasteiger partial charge in [0.05, 0.1) is 11.3 Å². The van der Waals surface area contributed by atoms with Crippen molar-refractivity contribution < 1.29 is 13.2 Å². The van der Waals surface area contributed by atoms with Crippen LogP contribution in [-0.2, 0) is 12.6 Å². The van der Waals surface area contributed by atoms with E-state index in [1.807, 2.05) is 13.0 Å². The highest BCUT2D eigenvalue weighted by Crippen LogP contribution is 2.30. The monoisotopic (exact) mass is 283 g/mol. The number of benzene rings is 1. The van der Waals surface area contributed by atoms with Gasteiger partial charge in [0.15, 0.2) is 0 Å². The van der Waals surface area contributed by atoms with E-state index >= 15 is 0 Å². The summed E-state index contributed by atoms with van der Waals surface area (Å²) in [5.74, 6) is 0. The van der Waals surface area contributed by atoms with Crippen molar-refractivity contribution >= 4 is 0 Å². The van der Waals surface area contributed by atoms with Gasteiger partial charge in [-0.1, -0.05) is 19.1 Å². The molecule has 1 unspecified atom stereocenters. The molecule has 0 radical (unpaired) electrons. The van der Waals surface area contributed by atoms with Crippen molar-refractivity contribution in [3.05, 3.63) is 41.6 Å². The summed E-state index contributed by atoms with van der Waals surface area (Å²) in [5, 5.41) is 6.97. The van der Waals surface area contributed by atoms with Crippen molar-refractivity contribution in [2.75, 3.05) is 0 Å². The molecular weight excluding hydrogens is 267 g/mol. The molecule has 3 nitrogen and oxygen atoms in total. The van der Waals surface area contributed by atoms with Gasteiger partial charge in [-0.2, -0.15) is 18.3 Å². The number of H-pyrrole nitrogens is 1. The molecule has 1 aromatic heterocycles. The number of alkyl halides is 3. The summed E-state index contributed by atoms with van der Waals surface area (Å²) in [6, 6.07) is 6.82. The van der Waals surface area contributed by atoms with Gasteiger partial charge in [-0.05, 0) is 24.6 Å². The molecule has 1 atom stereocenters. The van der Waals surface area contributed by atoms with Gasteiger partial charge in [0.25, 0.3) is 0 Å². The quantitative estimate of drug-likeness (QED) is 0.903. The Hall–Kier alpha value is -1.82. The standard InChI is InChI=1S/C14H16F3N3/c1-2-11(18)7-12-8-13(20-19-12)9-3-5-10(6-4-9)14(15,16)17/h3-6,8,11H,2,7,18H2,1H3,(H,19,20). The maximum Gasteiger partial charge on any atom is 0.416 e. The summed E-state index contributed by atoms with van der Waals surface area (Å²) in [4.78, 5) is 0. The van der Waals surface area contributed by atoms with Gasteiger partial charge in [-0.15, -0.1) is 0 Å². The van der Waals surface area contributed by atoms with Gasteiger partial charge < -0.3 is 5.73 Å². The second kappa shape index (κ2) is 5.66. The average Bonchev–Trinajstić information content (AvgIpc) is 2.86. The Bertz CT molecular complexity index is 558. The second-order valence-corrected chi connectivity index (χ2v) is 4.73. The van der Waals surface area contributed by atoms with E-state index in [4.69, 9.17) is 5.73 Å². The number of aromatic nitrogens is 2. The molecule has 0 bridgehead atoms. The van der Waals surface area contributed by atoms with Gasteiger partial charge in [0.2, 0.25) is 0 Å². The molecule has 1 aromatic carbocycles. The van der Waals surface area contributed by atoms with E-state index in [0.29, 0.717) is 17.7 Å². The number of nitrogens with two attached hydrogens (primary N) is 1. The van der Waals surface area contributed by atoms with Crippen molar-refractivity contribution in [3.63, 3.8) is 0 Å². The third-order valence-electron chi connectivity index (χ3n) is 3.15. The molecule has 3 N–H and O–H groups in total. The molecule has 2 aromatic rings. The molecule has 0 saturated carbocycles. The van der Waals surface area contributed by atoms with Gasteiger partial charge in [0, 0.05) is 23.7 Å². The maximum atomic E-state index is 12.5. The molecule has 6 heteroatoms. The molecule has 1 heterocycles. The fraction of sp³-hybridized carbons (Fsp3) is 0.357. The van der Waals surface area contributed by atoms with E-state index < -0.39 is 11.7 Å². The normalized spacial score (nSPS) is 13.4. The first kappa shape index (κ1) is 14.6. The Kier molecular flexibility index (Phi) is 4.13. The Labute approximate surface area is 115 Å². The minimum Gasteiger partial charge on any atom is -0.327 e. The van der Waals surface area contributed by atoms with E-state index in [0.717, 1.165) is 24.2 Å². The van der Waals surface area contributed by atoms with Crippen molar-refractivity contribution in [3.8, 4) is 11.3 Å². The molecule has 0 spiro atoms. The maximum absolute atomic E-state index is 12.5. The van der Waals surface area contributed by atoms with Crippen LogP contribution in [0.25, 0.3) is 11.3 Å². The molecule has 20 heavy (non-hydrogen) atoms. The van der Waals surface area contributed by atoms with Crippen LogP contribution in [0.5, 0.6) is 0 Å². The minimum atomic E-state index is -4.32. The Morgan fingerprint density at radius 2 is 1.90 bits per heavy atom. The van der Waals surface area contributed by atoms with Crippen LogP contribution >= 0.6 is 0 Å². The van der Waals surface area contributed by atoms with Crippen molar-refractivity contribution in [1.29, 1.82) is 0 Å². The highest BCUT2D eigenvalue weighted by Gasteiger charge is 2.30. The topological polar surface area (TPSA) is 54.7 Å². The van der Waals surface area contributed by atoms with Crippen molar-refractivity contribution in [1.82, 2.24) is 10.2 Å². The number of aromatic amines is 1. The summed E-state index contributed by atoms with van der Waals surface area (Å²) in [6.07, 6.45) is -2.79.